The number of benzene rings is 1. The van der Waals surface area contributed by atoms with Crippen LogP contribution in [0.15, 0.2) is 24.5 Å². The number of nitro benzene ring substituents is 1. The molecule has 2 rings (SSSR count). The Hall–Kier alpha value is -2.02. The van der Waals surface area contributed by atoms with E-state index in [9.17, 15) is 10.1 Å². The average Bonchev–Trinajstić information content (AvgIpc) is 2.70. The molecule has 2 aromatic rings. The summed E-state index contributed by atoms with van der Waals surface area (Å²) < 4.78 is 0. The van der Waals surface area contributed by atoms with Gasteiger partial charge in [0.25, 0.3) is 5.69 Å². The van der Waals surface area contributed by atoms with E-state index in [1.54, 1.807) is 0 Å². The monoisotopic (exact) mass is 225 g/mol. The molecule has 0 aliphatic carbocycles. The Balaban J connectivity index is 2.61. The molecule has 0 saturated carbocycles. The highest BCUT2D eigenvalue weighted by atomic mass is 35.5. The van der Waals surface area contributed by atoms with E-state index in [1.165, 1.54) is 24.5 Å². The van der Waals surface area contributed by atoms with Crippen LogP contribution in [0.4, 0.5) is 5.69 Å². The quantitative estimate of drug-likeness (QED) is 0.567. The van der Waals surface area contributed by atoms with Crippen molar-refractivity contribution in [1.29, 1.82) is 0 Å². The van der Waals surface area contributed by atoms with Gasteiger partial charge in [-0.2, -0.15) is 0 Å². The van der Waals surface area contributed by atoms with Gasteiger partial charge in [-0.1, -0.05) is 11.6 Å². The number of hydrogen-bond acceptors (Lipinski definition) is 5. The molecule has 0 fully saturated rings. The van der Waals surface area contributed by atoms with E-state index in [2.05, 4.69) is 15.4 Å². The molecule has 0 aliphatic heterocycles. The van der Waals surface area contributed by atoms with Crippen molar-refractivity contribution in [3.8, 4) is 5.69 Å². The third-order valence-corrected chi connectivity index (χ3v) is 1.93. The number of rotatable bonds is 2. The first-order valence-corrected chi connectivity index (χ1v) is 4.23. The van der Waals surface area contributed by atoms with Crippen LogP contribution in [0.3, 0.4) is 0 Å². The Kier molecular flexibility index (Phi) is 2.30. The van der Waals surface area contributed by atoms with E-state index < -0.39 is 4.92 Å². The molecule has 0 unspecified atom stereocenters. The second-order valence-electron chi connectivity index (χ2n) is 2.62. The van der Waals surface area contributed by atoms with Crippen LogP contribution < -0.4 is 0 Å². The minimum Gasteiger partial charge on any atom is -0.258 e. The molecule has 0 atom stereocenters. The molecule has 7 nitrogen and oxygen atoms in total. The molecule has 1 aromatic carbocycles. The van der Waals surface area contributed by atoms with Gasteiger partial charge in [0.2, 0.25) is 0 Å². The number of hydrogen-bond donors (Lipinski definition) is 0. The first-order valence-electron chi connectivity index (χ1n) is 3.86. The van der Waals surface area contributed by atoms with E-state index in [0.29, 0.717) is 0 Å². The number of nitrogens with zero attached hydrogens (tertiary/aromatic N) is 5. The Bertz CT molecular complexity index is 498. The lowest BCUT2D eigenvalue weighted by Crippen LogP contribution is -2.03. The largest absolute Gasteiger partial charge is 0.298 e. The van der Waals surface area contributed by atoms with Crippen molar-refractivity contribution in [3.63, 3.8) is 0 Å². The molecule has 15 heavy (non-hydrogen) atoms. The minimum atomic E-state index is -0.551. The Morgan fingerprint density at radius 2 is 2.27 bits per heavy atom. The van der Waals surface area contributed by atoms with Crippen molar-refractivity contribution >= 4 is 17.3 Å². The lowest BCUT2D eigenvalue weighted by Gasteiger charge is -2.00. The lowest BCUT2D eigenvalue weighted by molar-refractivity contribution is -0.384. The van der Waals surface area contributed by atoms with E-state index in [4.69, 9.17) is 11.6 Å². The molecule has 0 saturated heterocycles. The van der Waals surface area contributed by atoms with Crippen LogP contribution in [0.1, 0.15) is 0 Å². The van der Waals surface area contributed by atoms with Crippen LogP contribution in [0.25, 0.3) is 5.69 Å². The van der Waals surface area contributed by atoms with Crippen molar-refractivity contribution in [2.75, 3.05) is 0 Å². The molecule has 0 amide bonds. The van der Waals surface area contributed by atoms with Crippen molar-refractivity contribution in [2.45, 2.75) is 0 Å². The summed E-state index contributed by atoms with van der Waals surface area (Å²) in [5.41, 5.74) is 0.0578. The van der Waals surface area contributed by atoms with Crippen LogP contribution in [0.5, 0.6) is 0 Å². The van der Waals surface area contributed by atoms with Crippen molar-refractivity contribution in [2.24, 2.45) is 0 Å². The predicted octanol–water partition coefficient (Wildman–Crippen LogP) is 1.22. The molecule has 76 valence electrons. The van der Waals surface area contributed by atoms with Crippen LogP contribution in [0.2, 0.25) is 5.02 Å². The zero-order chi connectivity index (χ0) is 10.8. The number of aromatic nitrogens is 4. The van der Waals surface area contributed by atoms with Gasteiger partial charge in [0.1, 0.15) is 0 Å². The van der Waals surface area contributed by atoms with Gasteiger partial charge in [-0.25, -0.2) is 0 Å². The lowest BCUT2D eigenvalue weighted by atomic mass is 10.3. The van der Waals surface area contributed by atoms with Gasteiger partial charge in [0.15, 0.2) is 12.0 Å². The Morgan fingerprint density at radius 1 is 1.47 bits per heavy atom. The van der Waals surface area contributed by atoms with Gasteiger partial charge in [0, 0.05) is 11.1 Å². The second-order valence-corrected chi connectivity index (χ2v) is 3.05. The molecule has 0 spiro atoms. The SMILES string of the molecule is O=[N+]([O-])c1cc(Cl)ccc1-n1ncnn1. The first-order chi connectivity index (χ1) is 7.18. The summed E-state index contributed by atoms with van der Waals surface area (Å²) >= 11 is 5.65. The molecule has 1 heterocycles. The maximum Gasteiger partial charge on any atom is 0.298 e. The highest BCUT2D eigenvalue weighted by Crippen LogP contribution is 2.24. The Labute approximate surface area is 88.4 Å². The predicted molar refractivity (Wildman–Crippen MR) is 50.8 cm³/mol. The van der Waals surface area contributed by atoms with Crippen LogP contribution >= 0.6 is 11.6 Å². The van der Waals surface area contributed by atoms with Gasteiger partial charge >= 0.3 is 0 Å². The fourth-order valence-electron chi connectivity index (χ4n) is 1.09. The summed E-state index contributed by atoms with van der Waals surface area (Å²) in [7, 11) is 0. The van der Waals surface area contributed by atoms with Crippen molar-refractivity contribution in [3.05, 3.63) is 39.7 Å². The normalized spacial score (nSPS) is 10.2. The summed E-state index contributed by atoms with van der Waals surface area (Å²) in [5.74, 6) is 0. The molecule has 8 heteroatoms. The van der Waals surface area contributed by atoms with Gasteiger partial charge in [-0.3, -0.25) is 10.1 Å². The Morgan fingerprint density at radius 3 is 2.87 bits per heavy atom. The third kappa shape index (κ3) is 1.77. The van der Waals surface area contributed by atoms with Gasteiger partial charge in [0.05, 0.1) is 4.92 Å². The first kappa shape index (κ1) is 9.53. The topological polar surface area (TPSA) is 86.7 Å². The number of tetrazole rings is 1. The second kappa shape index (κ2) is 3.62. The summed E-state index contributed by atoms with van der Waals surface area (Å²) in [6.07, 6.45) is 1.19. The molecule has 0 bridgehead atoms. The fraction of sp³-hybridized carbons (Fsp3) is 0. The standard InChI is InChI=1S/C7H4ClN5O2/c8-5-1-2-6(7(3-5)13(14)15)12-10-4-9-11-12/h1-4H. The molecular formula is C7H4ClN5O2. The highest BCUT2D eigenvalue weighted by molar-refractivity contribution is 6.30. The van der Waals surface area contributed by atoms with Crippen molar-refractivity contribution < 1.29 is 4.92 Å². The van der Waals surface area contributed by atoms with Gasteiger partial charge < -0.3 is 0 Å². The summed E-state index contributed by atoms with van der Waals surface area (Å²) in [5, 5.41) is 21.8. The van der Waals surface area contributed by atoms with E-state index in [0.717, 1.165) is 4.80 Å². The summed E-state index contributed by atoms with van der Waals surface area (Å²) in [6.45, 7) is 0. The van der Waals surface area contributed by atoms with Crippen LogP contribution in [-0.2, 0) is 0 Å². The van der Waals surface area contributed by atoms with Crippen LogP contribution in [0, 0.1) is 10.1 Å². The molecule has 0 radical (unpaired) electrons. The molecule has 0 aliphatic rings. The highest BCUT2D eigenvalue weighted by Gasteiger charge is 2.17. The van der Waals surface area contributed by atoms with E-state index >= 15 is 0 Å². The van der Waals surface area contributed by atoms with E-state index in [-0.39, 0.29) is 16.4 Å². The maximum atomic E-state index is 10.7. The fourth-order valence-corrected chi connectivity index (χ4v) is 1.26. The molecule has 1 aromatic heterocycles. The average molecular weight is 226 g/mol. The zero-order valence-corrected chi connectivity index (χ0v) is 8.00. The smallest absolute Gasteiger partial charge is 0.258 e. The summed E-state index contributed by atoms with van der Waals surface area (Å²) in [4.78, 5) is 11.2. The van der Waals surface area contributed by atoms with Gasteiger partial charge in [-0.05, 0) is 17.3 Å². The zero-order valence-electron chi connectivity index (χ0n) is 7.24. The van der Waals surface area contributed by atoms with E-state index in [1.807, 2.05) is 0 Å². The van der Waals surface area contributed by atoms with Crippen LogP contribution in [-0.4, -0.2) is 25.1 Å². The maximum absolute atomic E-state index is 10.7. The number of halogens is 1. The van der Waals surface area contributed by atoms with Crippen molar-refractivity contribution in [1.82, 2.24) is 20.2 Å². The molecular weight excluding hydrogens is 222 g/mol. The number of nitro groups is 1. The summed E-state index contributed by atoms with van der Waals surface area (Å²) in [6, 6.07) is 4.22. The third-order valence-electron chi connectivity index (χ3n) is 1.70. The minimum absolute atomic E-state index is 0.166. The van der Waals surface area contributed by atoms with Gasteiger partial charge in [-0.15, -0.1) is 15.0 Å². The molecule has 0 N–H and O–H groups in total.